The van der Waals surface area contributed by atoms with Gasteiger partial charge in [-0.05, 0) is 42.7 Å². The number of carboxylic acid groups (broad SMARTS) is 1. The summed E-state index contributed by atoms with van der Waals surface area (Å²) in [6.07, 6.45) is 0.263. The van der Waals surface area contributed by atoms with Crippen LogP contribution in [-0.2, 0) is 4.79 Å². The monoisotopic (exact) mass is 347 g/mol. The Bertz CT molecular complexity index is 831. The number of hydrogen-bond acceptors (Lipinski definition) is 4. The van der Waals surface area contributed by atoms with Crippen LogP contribution in [-0.4, -0.2) is 32.8 Å². The second-order valence-electron chi connectivity index (χ2n) is 5.94. The molecule has 0 radical (unpaired) electrons. The lowest BCUT2D eigenvalue weighted by atomic mass is 10.0. The molecule has 1 aromatic heterocycles. The number of nitrogens with zero attached hydrogens (tertiary/aromatic N) is 2. The number of benzene rings is 1. The lowest BCUT2D eigenvalue weighted by Crippen LogP contribution is -2.42. The molecule has 0 fully saturated rings. The molecule has 1 amide bonds. The standard InChI is InChI=1S/C17H18FN3O4/c1-10(2)9-14(17(24)25)19-16(23)13-7-8-15(22)21(20-13)12-5-3-11(18)4-6-12/h3-8,10,14H,9H2,1-2H3,(H,19,23)(H,24,25). The molecule has 2 rings (SSSR count). The highest BCUT2D eigenvalue weighted by Crippen LogP contribution is 2.08. The summed E-state index contributed by atoms with van der Waals surface area (Å²) in [6.45, 7) is 3.68. The molecule has 0 saturated heterocycles. The highest BCUT2D eigenvalue weighted by atomic mass is 19.1. The van der Waals surface area contributed by atoms with Crippen LogP contribution in [0.5, 0.6) is 0 Å². The zero-order valence-corrected chi connectivity index (χ0v) is 13.8. The van der Waals surface area contributed by atoms with Crippen LogP contribution in [0.3, 0.4) is 0 Å². The average Bonchev–Trinajstić information content (AvgIpc) is 2.55. The first-order valence-corrected chi connectivity index (χ1v) is 7.68. The van der Waals surface area contributed by atoms with Crippen LogP contribution in [0.4, 0.5) is 4.39 Å². The fourth-order valence-electron chi connectivity index (χ4n) is 2.22. The van der Waals surface area contributed by atoms with E-state index in [0.717, 1.165) is 10.7 Å². The van der Waals surface area contributed by atoms with Crippen LogP contribution in [0.2, 0.25) is 0 Å². The maximum atomic E-state index is 13.0. The van der Waals surface area contributed by atoms with Gasteiger partial charge in [-0.1, -0.05) is 13.8 Å². The van der Waals surface area contributed by atoms with Gasteiger partial charge in [0.25, 0.3) is 11.5 Å². The van der Waals surface area contributed by atoms with E-state index in [4.69, 9.17) is 0 Å². The van der Waals surface area contributed by atoms with Gasteiger partial charge in [0.15, 0.2) is 0 Å². The molecule has 8 heteroatoms. The number of carbonyl (C=O) groups is 2. The highest BCUT2D eigenvalue weighted by Gasteiger charge is 2.22. The van der Waals surface area contributed by atoms with Crippen LogP contribution in [0.25, 0.3) is 5.69 Å². The van der Waals surface area contributed by atoms with Gasteiger partial charge in [-0.3, -0.25) is 9.59 Å². The highest BCUT2D eigenvalue weighted by molar-refractivity contribution is 5.94. The van der Waals surface area contributed by atoms with Gasteiger partial charge in [0.1, 0.15) is 17.6 Å². The van der Waals surface area contributed by atoms with E-state index >= 15 is 0 Å². The van der Waals surface area contributed by atoms with Crippen molar-refractivity contribution in [1.82, 2.24) is 15.1 Å². The van der Waals surface area contributed by atoms with Gasteiger partial charge in [-0.2, -0.15) is 9.78 Å². The number of carbonyl (C=O) groups excluding carboxylic acids is 1. The molecule has 1 heterocycles. The largest absolute Gasteiger partial charge is 0.480 e. The number of halogens is 1. The Morgan fingerprint density at radius 1 is 1.20 bits per heavy atom. The molecule has 1 unspecified atom stereocenters. The minimum atomic E-state index is -1.14. The van der Waals surface area contributed by atoms with Crippen molar-refractivity contribution in [3.8, 4) is 5.69 Å². The molecular weight excluding hydrogens is 329 g/mol. The minimum absolute atomic E-state index is 0.0718. The third-order valence-electron chi connectivity index (χ3n) is 3.41. The van der Waals surface area contributed by atoms with E-state index in [0.29, 0.717) is 0 Å². The van der Waals surface area contributed by atoms with Gasteiger partial charge in [0.05, 0.1) is 5.69 Å². The molecule has 0 spiro atoms. The lowest BCUT2D eigenvalue weighted by Gasteiger charge is -2.16. The third-order valence-corrected chi connectivity index (χ3v) is 3.41. The Labute approximate surface area is 143 Å². The van der Waals surface area contributed by atoms with Gasteiger partial charge in [-0.25, -0.2) is 9.18 Å². The van der Waals surface area contributed by atoms with E-state index in [-0.39, 0.29) is 23.7 Å². The number of aromatic nitrogens is 2. The van der Waals surface area contributed by atoms with Gasteiger partial charge in [-0.15, -0.1) is 0 Å². The van der Waals surface area contributed by atoms with Crippen LogP contribution in [0.15, 0.2) is 41.2 Å². The maximum Gasteiger partial charge on any atom is 0.326 e. The summed E-state index contributed by atoms with van der Waals surface area (Å²) in [7, 11) is 0. The first-order valence-electron chi connectivity index (χ1n) is 7.68. The first-order chi connectivity index (χ1) is 11.8. The number of amides is 1. The quantitative estimate of drug-likeness (QED) is 0.826. The topological polar surface area (TPSA) is 101 Å². The van der Waals surface area contributed by atoms with E-state index < -0.39 is 29.3 Å². The Hall–Kier alpha value is -3.03. The van der Waals surface area contributed by atoms with Gasteiger partial charge in [0, 0.05) is 6.07 Å². The average molecular weight is 347 g/mol. The molecule has 0 aliphatic carbocycles. The molecule has 2 aromatic rings. The smallest absolute Gasteiger partial charge is 0.326 e. The van der Waals surface area contributed by atoms with Crippen LogP contribution in [0, 0.1) is 11.7 Å². The zero-order valence-electron chi connectivity index (χ0n) is 13.8. The molecule has 132 valence electrons. The van der Waals surface area contributed by atoms with E-state index in [1.165, 1.54) is 30.3 Å². The van der Waals surface area contributed by atoms with Crippen molar-refractivity contribution in [3.05, 3.63) is 58.3 Å². The van der Waals surface area contributed by atoms with Crippen LogP contribution >= 0.6 is 0 Å². The van der Waals surface area contributed by atoms with Gasteiger partial charge in [0.2, 0.25) is 0 Å². The first kappa shape index (κ1) is 18.3. The van der Waals surface area contributed by atoms with Crippen molar-refractivity contribution in [3.63, 3.8) is 0 Å². The van der Waals surface area contributed by atoms with Crippen LogP contribution in [0.1, 0.15) is 30.8 Å². The normalized spacial score (nSPS) is 12.0. The predicted molar refractivity (Wildman–Crippen MR) is 88.1 cm³/mol. The van der Waals surface area contributed by atoms with Crippen molar-refractivity contribution in [2.24, 2.45) is 5.92 Å². The molecule has 25 heavy (non-hydrogen) atoms. The van der Waals surface area contributed by atoms with Crippen molar-refractivity contribution < 1.29 is 19.1 Å². The molecule has 0 aliphatic heterocycles. The summed E-state index contributed by atoms with van der Waals surface area (Å²) in [6, 6.07) is 6.34. The summed E-state index contributed by atoms with van der Waals surface area (Å²) < 4.78 is 14.0. The van der Waals surface area contributed by atoms with E-state index in [1.807, 2.05) is 13.8 Å². The van der Waals surface area contributed by atoms with Gasteiger partial charge < -0.3 is 10.4 Å². The maximum absolute atomic E-state index is 13.0. The lowest BCUT2D eigenvalue weighted by molar-refractivity contribution is -0.139. The number of carboxylic acids is 1. The predicted octanol–water partition coefficient (Wildman–Crippen LogP) is 1.60. The number of rotatable bonds is 6. The summed E-state index contributed by atoms with van der Waals surface area (Å²) >= 11 is 0. The Kier molecular flexibility index (Phi) is 5.63. The molecule has 1 aromatic carbocycles. The number of hydrogen-bond donors (Lipinski definition) is 2. The van der Waals surface area contributed by atoms with E-state index in [2.05, 4.69) is 10.4 Å². The molecule has 2 N–H and O–H groups in total. The number of aliphatic carboxylic acids is 1. The minimum Gasteiger partial charge on any atom is -0.480 e. The Morgan fingerprint density at radius 2 is 1.84 bits per heavy atom. The fraction of sp³-hybridized carbons (Fsp3) is 0.294. The summed E-state index contributed by atoms with van der Waals surface area (Å²) in [5.41, 5.74) is -0.322. The number of nitrogens with one attached hydrogen (secondary N) is 1. The Balaban J connectivity index is 2.29. The molecule has 0 aliphatic rings. The fourth-order valence-corrected chi connectivity index (χ4v) is 2.22. The second kappa shape index (κ2) is 7.69. The molecule has 0 bridgehead atoms. The summed E-state index contributed by atoms with van der Waals surface area (Å²) in [5, 5.41) is 15.5. The van der Waals surface area contributed by atoms with E-state index in [9.17, 15) is 23.9 Å². The molecular formula is C17H18FN3O4. The summed E-state index contributed by atoms with van der Waals surface area (Å²) in [4.78, 5) is 35.5. The SMILES string of the molecule is CC(C)CC(NC(=O)c1ccc(=O)n(-c2ccc(F)cc2)n1)C(=O)O. The molecule has 0 saturated carbocycles. The van der Waals surface area contributed by atoms with Crippen LogP contribution < -0.4 is 10.9 Å². The summed E-state index contributed by atoms with van der Waals surface area (Å²) in [5.74, 6) is -2.25. The molecule has 7 nitrogen and oxygen atoms in total. The Morgan fingerprint density at radius 3 is 2.40 bits per heavy atom. The second-order valence-corrected chi connectivity index (χ2v) is 5.94. The van der Waals surface area contributed by atoms with Crippen molar-refractivity contribution in [1.29, 1.82) is 0 Å². The van der Waals surface area contributed by atoms with Gasteiger partial charge >= 0.3 is 5.97 Å². The third kappa shape index (κ3) is 4.72. The molecule has 1 atom stereocenters. The zero-order chi connectivity index (χ0) is 18.6. The van der Waals surface area contributed by atoms with Crippen molar-refractivity contribution >= 4 is 11.9 Å². The van der Waals surface area contributed by atoms with Crippen molar-refractivity contribution in [2.75, 3.05) is 0 Å². The van der Waals surface area contributed by atoms with Crippen molar-refractivity contribution in [2.45, 2.75) is 26.3 Å². The van der Waals surface area contributed by atoms with E-state index in [1.54, 1.807) is 0 Å².